The van der Waals surface area contributed by atoms with Crippen molar-refractivity contribution in [3.8, 4) is 0 Å². The number of hydrogen-bond donors (Lipinski definition) is 1. The van der Waals surface area contributed by atoms with Crippen LogP contribution in [0, 0.1) is 13.8 Å². The lowest BCUT2D eigenvalue weighted by atomic mass is 10.0. The van der Waals surface area contributed by atoms with Crippen LogP contribution in [-0.2, 0) is 0 Å². The number of rotatable bonds is 5. The molecule has 1 atom stereocenters. The molecule has 0 amide bonds. The van der Waals surface area contributed by atoms with E-state index in [0.29, 0.717) is 12.1 Å². The summed E-state index contributed by atoms with van der Waals surface area (Å²) < 4.78 is 5.65. The highest BCUT2D eigenvalue weighted by Crippen LogP contribution is 2.28. The first-order chi connectivity index (χ1) is 8.13. The molecular weight excluding hydrogens is 212 g/mol. The monoisotopic (exact) mass is 236 g/mol. The van der Waals surface area contributed by atoms with Gasteiger partial charge in [-0.2, -0.15) is 0 Å². The van der Waals surface area contributed by atoms with Crippen LogP contribution in [0.1, 0.15) is 43.4 Å². The molecule has 1 aliphatic heterocycles. The van der Waals surface area contributed by atoms with Crippen molar-refractivity contribution in [1.82, 2.24) is 10.2 Å². The molecule has 0 aliphatic carbocycles. The highest BCUT2D eigenvalue weighted by molar-refractivity contribution is 5.24. The van der Waals surface area contributed by atoms with E-state index in [0.717, 1.165) is 31.2 Å². The lowest BCUT2D eigenvalue weighted by molar-refractivity contribution is 0.102. The van der Waals surface area contributed by atoms with E-state index in [1.165, 1.54) is 12.0 Å². The molecule has 17 heavy (non-hydrogen) atoms. The molecule has 2 heterocycles. The van der Waals surface area contributed by atoms with Crippen LogP contribution in [0.15, 0.2) is 10.5 Å². The molecule has 0 spiro atoms. The third kappa shape index (κ3) is 2.55. The van der Waals surface area contributed by atoms with E-state index in [4.69, 9.17) is 4.42 Å². The van der Waals surface area contributed by atoms with Crippen molar-refractivity contribution in [2.45, 2.75) is 46.2 Å². The van der Waals surface area contributed by atoms with Crippen molar-refractivity contribution in [3.63, 3.8) is 0 Å². The molecular formula is C14H24N2O. The van der Waals surface area contributed by atoms with E-state index in [1.807, 2.05) is 6.92 Å². The second-order valence-electron chi connectivity index (χ2n) is 5.09. The molecule has 1 fully saturated rings. The summed E-state index contributed by atoms with van der Waals surface area (Å²) in [5, 5.41) is 3.36. The Kier molecular flexibility index (Phi) is 3.89. The van der Waals surface area contributed by atoms with Crippen molar-refractivity contribution >= 4 is 0 Å². The predicted molar refractivity (Wildman–Crippen MR) is 70.3 cm³/mol. The Bertz CT molecular complexity index is 368. The van der Waals surface area contributed by atoms with E-state index in [9.17, 15) is 0 Å². The summed E-state index contributed by atoms with van der Waals surface area (Å²) in [7, 11) is 0. The third-order valence-electron chi connectivity index (χ3n) is 3.74. The molecule has 1 N–H and O–H groups in total. The van der Waals surface area contributed by atoms with Gasteiger partial charge in [0.2, 0.25) is 0 Å². The van der Waals surface area contributed by atoms with Gasteiger partial charge < -0.3 is 9.73 Å². The standard InChI is InChI=1S/C14H24N2O/c1-5-6-16(13-8-15-9-13)11(3)14-7-10(2)17-12(14)4/h7,11,13,15H,5-6,8-9H2,1-4H3. The molecule has 2 rings (SSSR count). The molecule has 3 heteroatoms. The molecule has 1 aliphatic rings. The lowest BCUT2D eigenvalue weighted by Crippen LogP contribution is -2.57. The molecule has 0 aromatic carbocycles. The highest BCUT2D eigenvalue weighted by atomic mass is 16.3. The van der Waals surface area contributed by atoms with Gasteiger partial charge in [0.05, 0.1) is 0 Å². The number of aryl methyl sites for hydroxylation is 2. The minimum atomic E-state index is 0.458. The number of hydrogen-bond acceptors (Lipinski definition) is 3. The first kappa shape index (κ1) is 12.7. The van der Waals surface area contributed by atoms with Gasteiger partial charge in [0.15, 0.2) is 0 Å². The Labute approximate surface area is 104 Å². The summed E-state index contributed by atoms with van der Waals surface area (Å²) in [6, 6.07) is 3.34. The van der Waals surface area contributed by atoms with Gasteiger partial charge in [0, 0.05) is 30.7 Å². The van der Waals surface area contributed by atoms with Crippen LogP contribution in [-0.4, -0.2) is 30.6 Å². The second-order valence-corrected chi connectivity index (χ2v) is 5.09. The topological polar surface area (TPSA) is 28.4 Å². The number of nitrogens with one attached hydrogen (secondary N) is 1. The zero-order chi connectivity index (χ0) is 12.4. The molecule has 0 saturated carbocycles. The maximum absolute atomic E-state index is 5.65. The second kappa shape index (κ2) is 5.23. The predicted octanol–water partition coefficient (Wildman–Crippen LogP) is 2.64. The summed E-state index contributed by atoms with van der Waals surface area (Å²) >= 11 is 0. The molecule has 1 saturated heterocycles. The van der Waals surface area contributed by atoms with E-state index >= 15 is 0 Å². The lowest BCUT2D eigenvalue weighted by Gasteiger charge is -2.41. The van der Waals surface area contributed by atoms with E-state index < -0.39 is 0 Å². The van der Waals surface area contributed by atoms with Crippen LogP contribution in [0.2, 0.25) is 0 Å². The Morgan fingerprint density at radius 1 is 1.47 bits per heavy atom. The average molecular weight is 236 g/mol. The Morgan fingerprint density at radius 3 is 2.59 bits per heavy atom. The largest absolute Gasteiger partial charge is 0.466 e. The van der Waals surface area contributed by atoms with Crippen LogP contribution in [0.25, 0.3) is 0 Å². The molecule has 3 nitrogen and oxygen atoms in total. The molecule has 0 radical (unpaired) electrons. The van der Waals surface area contributed by atoms with Gasteiger partial charge in [-0.05, 0) is 39.8 Å². The van der Waals surface area contributed by atoms with Gasteiger partial charge in [-0.15, -0.1) is 0 Å². The first-order valence-electron chi connectivity index (χ1n) is 6.66. The van der Waals surface area contributed by atoms with Crippen molar-refractivity contribution in [1.29, 1.82) is 0 Å². The van der Waals surface area contributed by atoms with Crippen LogP contribution in [0.3, 0.4) is 0 Å². The van der Waals surface area contributed by atoms with E-state index in [-0.39, 0.29) is 0 Å². The maximum atomic E-state index is 5.65. The Morgan fingerprint density at radius 2 is 2.18 bits per heavy atom. The average Bonchev–Trinajstić information content (AvgIpc) is 2.53. The van der Waals surface area contributed by atoms with Gasteiger partial charge in [-0.3, -0.25) is 4.90 Å². The van der Waals surface area contributed by atoms with Crippen molar-refractivity contribution in [2.24, 2.45) is 0 Å². The summed E-state index contributed by atoms with van der Waals surface area (Å²) in [5.74, 6) is 2.09. The van der Waals surface area contributed by atoms with E-state index in [1.54, 1.807) is 0 Å². The maximum Gasteiger partial charge on any atom is 0.105 e. The minimum Gasteiger partial charge on any atom is -0.466 e. The fourth-order valence-corrected chi connectivity index (χ4v) is 2.70. The molecule has 1 aromatic rings. The highest BCUT2D eigenvalue weighted by Gasteiger charge is 2.29. The SMILES string of the molecule is CCCN(C1CNC1)C(C)c1cc(C)oc1C. The van der Waals surface area contributed by atoms with Gasteiger partial charge >= 0.3 is 0 Å². The first-order valence-corrected chi connectivity index (χ1v) is 6.66. The zero-order valence-corrected chi connectivity index (χ0v) is 11.4. The smallest absolute Gasteiger partial charge is 0.105 e. The van der Waals surface area contributed by atoms with E-state index in [2.05, 4.69) is 37.1 Å². The molecule has 1 unspecified atom stereocenters. The third-order valence-corrected chi connectivity index (χ3v) is 3.74. The number of furan rings is 1. The van der Waals surface area contributed by atoms with Crippen molar-refractivity contribution in [2.75, 3.05) is 19.6 Å². The van der Waals surface area contributed by atoms with Crippen LogP contribution >= 0.6 is 0 Å². The van der Waals surface area contributed by atoms with Gasteiger partial charge in [0.25, 0.3) is 0 Å². The van der Waals surface area contributed by atoms with Crippen molar-refractivity contribution in [3.05, 3.63) is 23.2 Å². The normalized spacial score (nSPS) is 18.4. The quantitative estimate of drug-likeness (QED) is 0.852. The van der Waals surface area contributed by atoms with Crippen LogP contribution in [0.5, 0.6) is 0 Å². The molecule has 0 bridgehead atoms. The summed E-state index contributed by atoms with van der Waals surface area (Å²) in [6.45, 7) is 12.1. The summed E-state index contributed by atoms with van der Waals surface area (Å²) in [5.41, 5.74) is 1.35. The Hall–Kier alpha value is -0.800. The Balaban J connectivity index is 2.14. The van der Waals surface area contributed by atoms with Crippen LogP contribution in [0.4, 0.5) is 0 Å². The van der Waals surface area contributed by atoms with Gasteiger partial charge in [-0.1, -0.05) is 6.92 Å². The van der Waals surface area contributed by atoms with Crippen molar-refractivity contribution < 1.29 is 4.42 Å². The minimum absolute atomic E-state index is 0.458. The number of nitrogens with zero attached hydrogens (tertiary/aromatic N) is 1. The van der Waals surface area contributed by atoms with Gasteiger partial charge in [-0.25, -0.2) is 0 Å². The molecule has 96 valence electrons. The van der Waals surface area contributed by atoms with Gasteiger partial charge in [0.1, 0.15) is 11.5 Å². The van der Waals surface area contributed by atoms with Crippen LogP contribution < -0.4 is 5.32 Å². The molecule has 1 aromatic heterocycles. The fraction of sp³-hybridized carbons (Fsp3) is 0.714. The summed E-state index contributed by atoms with van der Waals surface area (Å²) in [6.07, 6.45) is 1.21. The fourth-order valence-electron chi connectivity index (χ4n) is 2.70. The summed E-state index contributed by atoms with van der Waals surface area (Å²) in [4.78, 5) is 2.60. The zero-order valence-electron chi connectivity index (χ0n) is 11.4.